The van der Waals surface area contributed by atoms with Crippen LogP contribution in [0.1, 0.15) is 48.5 Å². The van der Waals surface area contributed by atoms with Crippen molar-refractivity contribution in [3.8, 4) is 0 Å². The number of ether oxygens (including phenoxy) is 1. The van der Waals surface area contributed by atoms with E-state index in [0.29, 0.717) is 24.1 Å². The van der Waals surface area contributed by atoms with Crippen LogP contribution in [0.3, 0.4) is 0 Å². The van der Waals surface area contributed by atoms with Gasteiger partial charge in [0.1, 0.15) is 0 Å². The van der Waals surface area contributed by atoms with E-state index in [1.54, 1.807) is 19.1 Å². The summed E-state index contributed by atoms with van der Waals surface area (Å²) in [6.07, 6.45) is 1.68. The smallest absolute Gasteiger partial charge is 0.306 e. The molecular weight excluding hydrogens is 456 g/mol. The zero-order valence-electron chi connectivity index (χ0n) is 18.9. The van der Waals surface area contributed by atoms with Crippen molar-refractivity contribution < 1.29 is 23.9 Å². The third-order valence-electron chi connectivity index (χ3n) is 4.57. The fraction of sp³-hybridized carbons (Fsp3) is 0.292. The zero-order chi connectivity index (χ0) is 24.8. The van der Waals surface area contributed by atoms with E-state index in [4.69, 9.17) is 17.0 Å². The van der Waals surface area contributed by atoms with E-state index in [0.717, 1.165) is 6.42 Å². The molecule has 0 aliphatic rings. The lowest BCUT2D eigenvalue weighted by Crippen LogP contribution is -2.48. The van der Waals surface area contributed by atoms with Crippen LogP contribution in [0.25, 0.3) is 0 Å². The Morgan fingerprint density at radius 3 is 2.26 bits per heavy atom. The zero-order valence-corrected chi connectivity index (χ0v) is 19.7. The number of carbonyl (C=O) groups excluding carboxylic acids is 4. The highest BCUT2D eigenvalue weighted by atomic mass is 32.1. The number of hydrazine groups is 1. The van der Waals surface area contributed by atoms with Crippen molar-refractivity contribution in [1.29, 1.82) is 0 Å². The van der Waals surface area contributed by atoms with Crippen LogP contribution < -0.4 is 21.5 Å². The topological polar surface area (TPSA) is 126 Å². The number of benzene rings is 2. The average Bonchev–Trinajstić information content (AvgIpc) is 2.85. The normalized spacial score (nSPS) is 10.0. The summed E-state index contributed by atoms with van der Waals surface area (Å²) in [4.78, 5) is 47.3. The van der Waals surface area contributed by atoms with Gasteiger partial charge >= 0.3 is 5.97 Å². The number of amides is 3. The van der Waals surface area contributed by atoms with Crippen LogP contribution >= 0.6 is 12.2 Å². The number of anilines is 1. The summed E-state index contributed by atoms with van der Waals surface area (Å²) in [5.74, 6) is -1.56. The van der Waals surface area contributed by atoms with Crippen LogP contribution in [0.5, 0.6) is 0 Å². The lowest BCUT2D eigenvalue weighted by atomic mass is 10.1. The van der Waals surface area contributed by atoms with E-state index < -0.39 is 17.8 Å². The lowest BCUT2D eigenvalue weighted by molar-refractivity contribution is -0.145. The highest BCUT2D eigenvalue weighted by Crippen LogP contribution is 2.09. The van der Waals surface area contributed by atoms with Gasteiger partial charge in [0.05, 0.1) is 13.0 Å². The predicted octanol–water partition coefficient (Wildman–Crippen LogP) is 2.63. The first kappa shape index (κ1) is 26.5. The Bertz CT molecular complexity index is 996. The molecule has 4 N–H and O–H groups in total. The van der Waals surface area contributed by atoms with Crippen molar-refractivity contribution in [3.63, 3.8) is 0 Å². The van der Waals surface area contributed by atoms with Crippen molar-refractivity contribution >= 4 is 46.7 Å². The van der Waals surface area contributed by atoms with Gasteiger partial charge in [0.15, 0.2) is 5.11 Å². The Morgan fingerprint density at radius 2 is 1.59 bits per heavy atom. The molecule has 0 aliphatic heterocycles. The van der Waals surface area contributed by atoms with Crippen molar-refractivity contribution in [2.24, 2.45) is 0 Å². The van der Waals surface area contributed by atoms with Gasteiger partial charge < -0.3 is 15.4 Å². The third-order valence-corrected chi connectivity index (χ3v) is 4.77. The molecule has 34 heavy (non-hydrogen) atoms. The van der Waals surface area contributed by atoms with Crippen LogP contribution in [0.15, 0.2) is 54.6 Å². The second-order valence-corrected chi connectivity index (χ2v) is 7.65. The van der Waals surface area contributed by atoms with Gasteiger partial charge in [-0.05, 0) is 54.9 Å². The maximum atomic E-state index is 12.2. The van der Waals surface area contributed by atoms with Crippen LogP contribution in [-0.2, 0) is 25.5 Å². The van der Waals surface area contributed by atoms with E-state index in [1.807, 2.05) is 30.3 Å². The van der Waals surface area contributed by atoms with Gasteiger partial charge in [-0.1, -0.05) is 37.3 Å². The van der Waals surface area contributed by atoms with Gasteiger partial charge in [-0.15, -0.1) is 0 Å². The molecule has 0 aliphatic carbocycles. The number of esters is 1. The molecule has 0 saturated heterocycles. The van der Waals surface area contributed by atoms with E-state index in [2.05, 4.69) is 21.5 Å². The van der Waals surface area contributed by atoms with Crippen molar-refractivity contribution in [3.05, 3.63) is 65.7 Å². The number of thiocarbonyl (C=S) groups is 1. The van der Waals surface area contributed by atoms with Crippen molar-refractivity contribution in [2.45, 2.75) is 39.0 Å². The summed E-state index contributed by atoms with van der Waals surface area (Å²) >= 11 is 4.97. The summed E-state index contributed by atoms with van der Waals surface area (Å²) < 4.78 is 5.14. The molecule has 10 heteroatoms. The molecule has 2 rings (SSSR count). The molecule has 0 fully saturated rings. The van der Waals surface area contributed by atoms with Gasteiger partial charge in [0, 0.05) is 24.1 Å². The third kappa shape index (κ3) is 10.2. The number of carbonyl (C=O) groups is 4. The maximum absolute atomic E-state index is 12.2. The minimum absolute atomic E-state index is 0.0763. The highest BCUT2D eigenvalue weighted by molar-refractivity contribution is 7.80. The minimum Gasteiger partial charge on any atom is -0.466 e. The Kier molecular flexibility index (Phi) is 11.2. The average molecular weight is 485 g/mol. The van der Waals surface area contributed by atoms with E-state index in [-0.39, 0.29) is 30.5 Å². The van der Waals surface area contributed by atoms with Gasteiger partial charge in [-0.25, -0.2) is 0 Å². The number of hydrogen-bond donors (Lipinski definition) is 4. The standard InChI is InChI=1S/C24H28N4O5S/c1-2-20(29)25-19-12-10-18(11-13-19)23(32)27-28-24(34)26-21(30)14-15-22(31)33-16-6-9-17-7-4-3-5-8-17/h3-5,7-8,10-13H,2,6,9,14-16H2,1H3,(H,25,29)(H,27,32)(H2,26,28,30,34). The monoisotopic (exact) mass is 484 g/mol. The fourth-order valence-electron chi connectivity index (χ4n) is 2.76. The Labute approximate surface area is 203 Å². The molecule has 0 bridgehead atoms. The molecule has 0 radical (unpaired) electrons. The highest BCUT2D eigenvalue weighted by Gasteiger charge is 2.11. The molecular formula is C24H28N4O5S. The number of rotatable bonds is 10. The number of aryl methyl sites for hydroxylation is 1. The summed E-state index contributed by atoms with van der Waals surface area (Å²) in [5, 5.41) is 4.95. The second-order valence-electron chi connectivity index (χ2n) is 7.25. The molecule has 0 saturated carbocycles. The molecule has 180 valence electrons. The van der Waals surface area contributed by atoms with Gasteiger partial charge in [-0.2, -0.15) is 0 Å². The first-order valence-electron chi connectivity index (χ1n) is 10.9. The second kappa shape index (κ2) is 14.4. The van der Waals surface area contributed by atoms with Crippen LogP contribution in [-0.4, -0.2) is 35.4 Å². The molecule has 0 heterocycles. The van der Waals surface area contributed by atoms with Crippen LogP contribution in [0.2, 0.25) is 0 Å². The quantitative estimate of drug-likeness (QED) is 0.177. The SMILES string of the molecule is CCC(=O)Nc1ccc(C(=O)NNC(=S)NC(=O)CCC(=O)OCCCc2ccccc2)cc1. The fourth-order valence-corrected chi connectivity index (χ4v) is 2.92. The summed E-state index contributed by atoms with van der Waals surface area (Å²) in [6, 6.07) is 16.2. The number of hydrogen-bond acceptors (Lipinski definition) is 6. The summed E-state index contributed by atoms with van der Waals surface area (Å²) in [6.45, 7) is 2.03. The van der Waals surface area contributed by atoms with Gasteiger partial charge in [-0.3, -0.25) is 30.0 Å². The largest absolute Gasteiger partial charge is 0.466 e. The van der Waals surface area contributed by atoms with E-state index in [9.17, 15) is 19.2 Å². The van der Waals surface area contributed by atoms with Gasteiger partial charge in [0.2, 0.25) is 11.8 Å². The predicted molar refractivity (Wildman–Crippen MR) is 132 cm³/mol. The molecule has 2 aromatic carbocycles. The first-order valence-corrected chi connectivity index (χ1v) is 11.3. The Hall–Kier alpha value is -3.79. The molecule has 0 aromatic heterocycles. The maximum Gasteiger partial charge on any atom is 0.306 e. The lowest BCUT2D eigenvalue weighted by Gasteiger charge is -2.11. The van der Waals surface area contributed by atoms with Crippen LogP contribution in [0.4, 0.5) is 5.69 Å². The van der Waals surface area contributed by atoms with E-state index in [1.165, 1.54) is 17.7 Å². The summed E-state index contributed by atoms with van der Waals surface area (Å²) in [7, 11) is 0. The van der Waals surface area contributed by atoms with Crippen molar-refractivity contribution in [1.82, 2.24) is 16.2 Å². The molecule has 9 nitrogen and oxygen atoms in total. The minimum atomic E-state index is -0.482. The molecule has 0 atom stereocenters. The van der Waals surface area contributed by atoms with Crippen molar-refractivity contribution in [2.75, 3.05) is 11.9 Å². The first-order chi connectivity index (χ1) is 16.4. The molecule has 2 aromatic rings. The molecule has 3 amide bonds. The van der Waals surface area contributed by atoms with E-state index >= 15 is 0 Å². The Balaban J connectivity index is 1.60. The molecule has 0 spiro atoms. The molecule has 0 unspecified atom stereocenters. The summed E-state index contributed by atoms with van der Waals surface area (Å²) in [5.41, 5.74) is 6.86. The Morgan fingerprint density at radius 1 is 0.882 bits per heavy atom. The van der Waals surface area contributed by atoms with Gasteiger partial charge in [0.25, 0.3) is 5.91 Å². The number of nitrogens with one attached hydrogen (secondary N) is 4. The van der Waals surface area contributed by atoms with Crippen LogP contribution in [0, 0.1) is 0 Å².